The van der Waals surface area contributed by atoms with Crippen molar-refractivity contribution in [2.45, 2.75) is 50.1 Å². The Morgan fingerprint density at radius 2 is 2.15 bits per heavy atom. The number of thioether (sulfide) groups is 1. The molecule has 9 heteroatoms. The molecule has 3 aromatic rings. The SMILES string of the molecule is COCCn1c(SCc2nc(C)no2)nc2sc3c(c2c1=O)CCCC3. The second-order valence-electron chi connectivity index (χ2n) is 6.26. The Hall–Kier alpha value is -1.71. The normalized spacial score (nSPS) is 14.1. The summed E-state index contributed by atoms with van der Waals surface area (Å²) in [6.45, 7) is 2.73. The first-order valence-electron chi connectivity index (χ1n) is 8.63. The van der Waals surface area contributed by atoms with Crippen LogP contribution in [-0.4, -0.2) is 33.4 Å². The van der Waals surface area contributed by atoms with Gasteiger partial charge in [-0.15, -0.1) is 11.3 Å². The van der Waals surface area contributed by atoms with Crippen LogP contribution >= 0.6 is 23.1 Å². The molecule has 0 fully saturated rings. The highest BCUT2D eigenvalue weighted by molar-refractivity contribution is 7.98. The highest BCUT2D eigenvalue weighted by atomic mass is 32.2. The van der Waals surface area contributed by atoms with E-state index < -0.39 is 0 Å². The van der Waals surface area contributed by atoms with Gasteiger partial charge in [0, 0.05) is 12.0 Å². The number of aromatic nitrogens is 4. The largest absolute Gasteiger partial charge is 0.383 e. The van der Waals surface area contributed by atoms with E-state index in [1.807, 2.05) is 0 Å². The molecular formula is C17H20N4O3S2. The minimum Gasteiger partial charge on any atom is -0.383 e. The standard InChI is InChI=1S/C17H20N4O3S2/c1-10-18-13(24-20-10)9-25-17-19-15-14(16(22)21(17)7-8-23-2)11-5-3-4-6-12(11)26-15/h3-9H2,1-2H3. The van der Waals surface area contributed by atoms with E-state index in [1.165, 1.54) is 28.6 Å². The van der Waals surface area contributed by atoms with Crippen molar-refractivity contribution >= 4 is 33.3 Å². The first kappa shape index (κ1) is 17.7. The molecule has 0 bridgehead atoms. The van der Waals surface area contributed by atoms with Crippen molar-refractivity contribution in [2.24, 2.45) is 0 Å². The van der Waals surface area contributed by atoms with Crippen molar-refractivity contribution < 1.29 is 9.26 Å². The van der Waals surface area contributed by atoms with E-state index >= 15 is 0 Å². The van der Waals surface area contributed by atoms with Crippen molar-refractivity contribution in [1.82, 2.24) is 19.7 Å². The molecular weight excluding hydrogens is 372 g/mol. The van der Waals surface area contributed by atoms with Crippen LogP contribution in [0.15, 0.2) is 14.5 Å². The lowest BCUT2D eigenvalue weighted by Crippen LogP contribution is -2.25. The minimum atomic E-state index is 0.0376. The number of hydrogen-bond acceptors (Lipinski definition) is 8. The van der Waals surface area contributed by atoms with E-state index in [4.69, 9.17) is 14.2 Å². The van der Waals surface area contributed by atoms with Crippen LogP contribution in [0.3, 0.4) is 0 Å². The molecule has 0 spiro atoms. The highest BCUT2D eigenvalue weighted by Crippen LogP contribution is 2.35. The summed E-state index contributed by atoms with van der Waals surface area (Å²) < 4.78 is 12.1. The predicted molar refractivity (Wildman–Crippen MR) is 101 cm³/mol. The lowest BCUT2D eigenvalue weighted by molar-refractivity contribution is 0.183. The second-order valence-corrected chi connectivity index (χ2v) is 8.29. The zero-order chi connectivity index (χ0) is 18.1. The lowest BCUT2D eigenvalue weighted by Gasteiger charge is -2.12. The summed E-state index contributed by atoms with van der Waals surface area (Å²) in [5.41, 5.74) is 1.25. The molecule has 3 heterocycles. The van der Waals surface area contributed by atoms with Crippen LogP contribution in [0.4, 0.5) is 0 Å². The van der Waals surface area contributed by atoms with Crippen LogP contribution in [0, 0.1) is 6.92 Å². The molecule has 4 rings (SSSR count). The Labute approximate surface area is 158 Å². The van der Waals surface area contributed by atoms with Gasteiger partial charge in [0.1, 0.15) is 4.83 Å². The van der Waals surface area contributed by atoms with E-state index in [0.717, 1.165) is 29.5 Å². The minimum absolute atomic E-state index is 0.0376. The van der Waals surface area contributed by atoms with Gasteiger partial charge in [-0.1, -0.05) is 16.9 Å². The third-order valence-corrected chi connectivity index (χ3v) is 6.60. The molecule has 3 aromatic heterocycles. The Morgan fingerprint density at radius 1 is 1.31 bits per heavy atom. The third-order valence-electron chi connectivity index (χ3n) is 4.45. The predicted octanol–water partition coefficient (Wildman–Crippen LogP) is 2.97. The summed E-state index contributed by atoms with van der Waals surface area (Å²) in [5.74, 6) is 1.62. The summed E-state index contributed by atoms with van der Waals surface area (Å²) in [7, 11) is 1.64. The number of methoxy groups -OCH3 is 1. The van der Waals surface area contributed by atoms with E-state index in [0.29, 0.717) is 35.8 Å². The van der Waals surface area contributed by atoms with Crippen molar-refractivity contribution in [3.05, 3.63) is 32.5 Å². The maximum Gasteiger partial charge on any atom is 0.263 e. The van der Waals surface area contributed by atoms with Gasteiger partial charge in [-0.2, -0.15) is 4.98 Å². The molecule has 0 unspecified atom stereocenters. The van der Waals surface area contributed by atoms with Crippen LogP contribution < -0.4 is 5.56 Å². The quantitative estimate of drug-likeness (QED) is 0.471. The van der Waals surface area contributed by atoms with Crippen LogP contribution in [0.1, 0.15) is 35.0 Å². The van der Waals surface area contributed by atoms with Gasteiger partial charge < -0.3 is 9.26 Å². The molecule has 1 aliphatic carbocycles. The Kier molecular flexibility index (Phi) is 5.10. The topological polar surface area (TPSA) is 83.0 Å². The monoisotopic (exact) mass is 392 g/mol. The molecule has 0 radical (unpaired) electrons. The number of hydrogen-bond donors (Lipinski definition) is 0. The number of fused-ring (bicyclic) bond motifs is 3. The summed E-state index contributed by atoms with van der Waals surface area (Å²) >= 11 is 3.11. The smallest absolute Gasteiger partial charge is 0.263 e. The number of aryl methyl sites for hydroxylation is 3. The zero-order valence-corrected chi connectivity index (χ0v) is 16.4. The van der Waals surface area contributed by atoms with Crippen LogP contribution in [0.25, 0.3) is 10.2 Å². The van der Waals surface area contributed by atoms with E-state index in [1.54, 1.807) is 29.9 Å². The maximum absolute atomic E-state index is 13.2. The third kappa shape index (κ3) is 3.30. The first-order valence-corrected chi connectivity index (χ1v) is 10.4. The zero-order valence-electron chi connectivity index (χ0n) is 14.8. The van der Waals surface area contributed by atoms with Gasteiger partial charge in [0.25, 0.3) is 5.56 Å². The van der Waals surface area contributed by atoms with Crippen LogP contribution in [0.5, 0.6) is 0 Å². The van der Waals surface area contributed by atoms with Gasteiger partial charge in [-0.05, 0) is 38.2 Å². The van der Waals surface area contributed by atoms with Crippen LogP contribution in [0.2, 0.25) is 0 Å². The summed E-state index contributed by atoms with van der Waals surface area (Å²) in [5, 5.41) is 5.29. The first-order chi connectivity index (χ1) is 12.7. The molecule has 0 aliphatic heterocycles. The Bertz CT molecular complexity index is 992. The maximum atomic E-state index is 13.2. The number of nitrogens with zero attached hydrogens (tertiary/aromatic N) is 4. The average molecular weight is 393 g/mol. The van der Waals surface area contributed by atoms with Gasteiger partial charge >= 0.3 is 0 Å². The fraction of sp³-hybridized carbons (Fsp3) is 0.529. The summed E-state index contributed by atoms with van der Waals surface area (Å²) in [4.78, 5) is 24.4. The van der Waals surface area contributed by atoms with E-state index in [9.17, 15) is 4.79 Å². The molecule has 0 saturated carbocycles. The fourth-order valence-corrected chi connectivity index (χ4v) is 5.40. The molecule has 138 valence electrons. The average Bonchev–Trinajstić information content (AvgIpc) is 3.22. The van der Waals surface area contributed by atoms with Gasteiger partial charge in [-0.25, -0.2) is 4.98 Å². The lowest BCUT2D eigenvalue weighted by atomic mass is 9.97. The van der Waals surface area contributed by atoms with Crippen LogP contribution in [-0.2, 0) is 29.9 Å². The van der Waals surface area contributed by atoms with Gasteiger partial charge in [0.2, 0.25) is 5.89 Å². The van der Waals surface area contributed by atoms with Crippen molar-refractivity contribution in [2.75, 3.05) is 13.7 Å². The summed E-state index contributed by atoms with van der Waals surface area (Å²) in [6.07, 6.45) is 4.36. The van der Waals surface area contributed by atoms with Crippen molar-refractivity contribution in [3.8, 4) is 0 Å². The number of ether oxygens (including phenoxy) is 1. The summed E-state index contributed by atoms with van der Waals surface area (Å²) in [6, 6.07) is 0. The molecule has 0 saturated heterocycles. The second kappa shape index (κ2) is 7.50. The molecule has 26 heavy (non-hydrogen) atoms. The number of thiophene rings is 1. The molecule has 0 N–H and O–H groups in total. The molecule has 0 aromatic carbocycles. The van der Waals surface area contributed by atoms with Gasteiger partial charge in [0.05, 0.1) is 24.3 Å². The Balaban J connectivity index is 1.75. The van der Waals surface area contributed by atoms with Gasteiger partial charge in [0.15, 0.2) is 11.0 Å². The molecule has 0 atom stereocenters. The van der Waals surface area contributed by atoms with Crippen molar-refractivity contribution in [3.63, 3.8) is 0 Å². The molecule has 7 nitrogen and oxygen atoms in total. The highest BCUT2D eigenvalue weighted by Gasteiger charge is 2.22. The van der Waals surface area contributed by atoms with E-state index in [-0.39, 0.29) is 5.56 Å². The molecule has 1 aliphatic rings. The number of rotatable bonds is 6. The van der Waals surface area contributed by atoms with Gasteiger partial charge in [-0.3, -0.25) is 9.36 Å². The van der Waals surface area contributed by atoms with E-state index in [2.05, 4.69) is 10.1 Å². The van der Waals surface area contributed by atoms with Crippen molar-refractivity contribution in [1.29, 1.82) is 0 Å². The fourth-order valence-electron chi connectivity index (χ4n) is 3.23. The molecule has 0 amide bonds. The Morgan fingerprint density at radius 3 is 2.92 bits per heavy atom.